The molecule has 0 unspecified atom stereocenters. The largest absolute Gasteiger partial charge is 0.383 e. The van der Waals surface area contributed by atoms with Crippen molar-refractivity contribution in [3.8, 4) is 0 Å². The number of hydrogen-bond acceptors (Lipinski definition) is 4. The molecule has 3 rings (SSSR count). The van der Waals surface area contributed by atoms with Gasteiger partial charge < -0.3 is 15.0 Å². The summed E-state index contributed by atoms with van der Waals surface area (Å²) in [6, 6.07) is 9.80. The van der Waals surface area contributed by atoms with Gasteiger partial charge in [-0.3, -0.25) is 9.78 Å². The number of carbonyl (C=O) groups is 1. The van der Waals surface area contributed by atoms with E-state index in [1.165, 1.54) is 0 Å². The number of methoxy groups -OCH3 is 1. The normalized spacial score (nSPS) is 16.4. The first kappa shape index (κ1) is 16.9. The fraction of sp³-hybridized carbons (Fsp3) is 0.474. The predicted octanol–water partition coefficient (Wildman–Crippen LogP) is 2.32. The fourth-order valence-electron chi connectivity index (χ4n) is 3.26. The molecule has 1 aliphatic heterocycles. The summed E-state index contributed by atoms with van der Waals surface area (Å²) >= 11 is 0. The van der Waals surface area contributed by atoms with E-state index >= 15 is 0 Å². The average Bonchev–Trinajstić information content (AvgIpc) is 2.64. The molecule has 0 atom stereocenters. The zero-order chi connectivity index (χ0) is 16.8. The summed E-state index contributed by atoms with van der Waals surface area (Å²) in [4.78, 5) is 19.2. The summed E-state index contributed by atoms with van der Waals surface area (Å²) in [6.07, 6.45) is 3.94. The number of likely N-dealkylation sites (tertiary alicyclic amines) is 1. The molecule has 1 saturated heterocycles. The highest BCUT2D eigenvalue weighted by molar-refractivity contribution is 6.05. The Morgan fingerprint density at radius 1 is 1.29 bits per heavy atom. The Morgan fingerprint density at radius 3 is 2.88 bits per heavy atom. The highest BCUT2D eigenvalue weighted by Crippen LogP contribution is 2.18. The van der Waals surface area contributed by atoms with E-state index in [-0.39, 0.29) is 5.91 Å². The number of carbonyl (C=O) groups excluding carboxylic acids is 1. The third-order valence-corrected chi connectivity index (χ3v) is 4.76. The van der Waals surface area contributed by atoms with Crippen LogP contribution in [0, 0.1) is 5.92 Å². The van der Waals surface area contributed by atoms with E-state index in [0.29, 0.717) is 11.6 Å². The van der Waals surface area contributed by atoms with Crippen LogP contribution in [0.3, 0.4) is 0 Å². The molecule has 1 amide bonds. The van der Waals surface area contributed by atoms with Crippen LogP contribution in [-0.4, -0.2) is 55.7 Å². The van der Waals surface area contributed by atoms with E-state index in [0.717, 1.165) is 56.4 Å². The number of pyridine rings is 1. The minimum atomic E-state index is -0.0754. The zero-order valence-corrected chi connectivity index (χ0v) is 14.2. The number of benzene rings is 1. The average molecular weight is 327 g/mol. The molecule has 0 radical (unpaired) electrons. The van der Waals surface area contributed by atoms with Gasteiger partial charge in [0.2, 0.25) is 0 Å². The van der Waals surface area contributed by atoms with Gasteiger partial charge in [-0.2, -0.15) is 0 Å². The zero-order valence-electron chi connectivity index (χ0n) is 14.2. The molecular weight excluding hydrogens is 302 g/mol. The van der Waals surface area contributed by atoms with Crippen molar-refractivity contribution in [3.05, 3.63) is 42.2 Å². The van der Waals surface area contributed by atoms with Crippen molar-refractivity contribution in [2.24, 2.45) is 5.92 Å². The maximum absolute atomic E-state index is 12.5. The lowest BCUT2D eigenvalue weighted by Crippen LogP contribution is -2.40. The summed E-state index contributed by atoms with van der Waals surface area (Å²) in [5, 5.41) is 5.03. The topological polar surface area (TPSA) is 54.5 Å². The number of aromatic nitrogens is 1. The van der Waals surface area contributed by atoms with Crippen LogP contribution in [0.2, 0.25) is 0 Å². The van der Waals surface area contributed by atoms with Gasteiger partial charge in [0.1, 0.15) is 5.69 Å². The van der Waals surface area contributed by atoms with Crippen LogP contribution in [0.4, 0.5) is 0 Å². The van der Waals surface area contributed by atoms with Gasteiger partial charge in [-0.1, -0.05) is 24.3 Å². The third kappa shape index (κ3) is 4.10. The first-order valence-electron chi connectivity index (χ1n) is 8.61. The summed E-state index contributed by atoms with van der Waals surface area (Å²) < 4.78 is 5.13. The highest BCUT2D eigenvalue weighted by atomic mass is 16.5. The van der Waals surface area contributed by atoms with Crippen molar-refractivity contribution in [2.75, 3.05) is 39.9 Å². The van der Waals surface area contributed by atoms with Crippen molar-refractivity contribution in [1.29, 1.82) is 0 Å². The first-order valence-corrected chi connectivity index (χ1v) is 8.61. The van der Waals surface area contributed by atoms with Crippen LogP contribution in [-0.2, 0) is 4.74 Å². The second kappa shape index (κ2) is 8.22. The second-order valence-electron chi connectivity index (χ2n) is 6.37. The Morgan fingerprint density at radius 2 is 2.08 bits per heavy atom. The number of hydrogen-bond donors (Lipinski definition) is 1. The molecule has 1 aliphatic rings. The van der Waals surface area contributed by atoms with Gasteiger partial charge in [-0.05, 0) is 43.3 Å². The van der Waals surface area contributed by atoms with Gasteiger partial charge in [0.15, 0.2) is 0 Å². The van der Waals surface area contributed by atoms with Crippen LogP contribution in [0.1, 0.15) is 23.3 Å². The van der Waals surface area contributed by atoms with Crippen LogP contribution in [0.5, 0.6) is 0 Å². The number of nitrogens with one attached hydrogen (secondary N) is 1. The molecule has 2 heterocycles. The summed E-state index contributed by atoms with van der Waals surface area (Å²) in [6.45, 7) is 4.67. The Bertz CT molecular complexity index is 676. The number of nitrogens with zero attached hydrogens (tertiary/aromatic N) is 2. The summed E-state index contributed by atoms with van der Waals surface area (Å²) in [7, 11) is 1.74. The first-order chi connectivity index (χ1) is 11.8. The van der Waals surface area contributed by atoms with Gasteiger partial charge in [-0.15, -0.1) is 0 Å². The minimum Gasteiger partial charge on any atom is -0.383 e. The number of rotatable bonds is 6. The van der Waals surface area contributed by atoms with Gasteiger partial charge >= 0.3 is 0 Å². The van der Waals surface area contributed by atoms with E-state index < -0.39 is 0 Å². The lowest BCUT2D eigenvalue weighted by Gasteiger charge is -2.31. The molecule has 1 aromatic carbocycles. The molecule has 0 bridgehead atoms. The highest BCUT2D eigenvalue weighted by Gasteiger charge is 2.20. The van der Waals surface area contributed by atoms with Gasteiger partial charge in [0, 0.05) is 31.8 Å². The Hall–Kier alpha value is -1.98. The van der Waals surface area contributed by atoms with E-state index in [4.69, 9.17) is 4.74 Å². The molecule has 24 heavy (non-hydrogen) atoms. The molecule has 0 spiro atoms. The smallest absolute Gasteiger partial charge is 0.270 e. The quantitative estimate of drug-likeness (QED) is 0.885. The molecule has 5 nitrogen and oxygen atoms in total. The van der Waals surface area contributed by atoms with Crippen LogP contribution in [0.15, 0.2) is 36.5 Å². The Kier molecular flexibility index (Phi) is 5.77. The maximum atomic E-state index is 12.5. The lowest BCUT2D eigenvalue weighted by molar-refractivity contribution is 0.0923. The SMILES string of the molecule is COCCN1CCC(CNC(=O)c2nccc3ccccc23)CC1. The minimum absolute atomic E-state index is 0.0754. The standard InChI is InChI=1S/C19H25N3O2/c1-24-13-12-22-10-7-15(8-11-22)14-21-19(23)18-17-5-3-2-4-16(17)6-9-20-18/h2-6,9,15H,7-8,10-14H2,1H3,(H,21,23). The molecule has 0 aliphatic carbocycles. The van der Waals surface area contributed by atoms with Crippen molar-refractivity contribution < 1.29 is 9.53 Å². The number of fused-ring (bicyclic) bond motifs is 1. The molecule has 2 aromatic rings. The van der Waals surface area contributed by atoms with E-state index in [2.05, 4.69) is 15.2 Å². The second-order valence-corrected chi connectivity index (χ2v) is 6.37. The maximum Gasteiger partial charge on any atom is 0.270 e. The summed E-state index contributed by atoms with van der Waals surface area (Å²) in [5.74, 6) is 0.469. The Balaban J connectivity index is 1.53. The van der Waals surface area contributed by atoms with Crippen LogP contribution >= 0.6 is 0 Å². The van der Waals surface area contributed by atoms with Crippen molar-refractivity contribution >= 4 is 16.7 Å². The monoisotopic (exact) mass is 327 g/mol. The van der Waals surface area contributed by atoms with Crippen LogP contribution in [0.25, 0.3) is 10.8 Å². The molecule has 128 valence electrons. The fourth-order valence-corrected chi connectivity index (χ4v) is 3.26. The molecule has 1 N–H and O–H groups in total. The number of piperidine rings is 1. The Labute approximate surface area is 143 Å². The van der Waals surface area contributed by atoms with E-state index in [1.54, 1.807) is 13.3 Å². The van der Waals surface area contributed by atoms with Gasteiger partial charge in [-0.25, -0.2) is 0 Å². The lowest BCUT2D eigenvalue weighted by atomic mass is 9.96. The van der Waals surface area contributed by atoms with Crippen molar-refractivity contribution in [2.45, 2.75) is 12.8 Å². The molecular formula is C19H25N3O2. The predicted molar refractivity (Wildman–Crippen MR) is 95.1 cm³/mol. The summed E-state index contributed by atoms with van der Waals surface area (Å²) in [5.41, 5.74) is 0.519. The van der Waals surface area contributed by atoms with Crippen LogP contribution < -0.4 is 5.32 Å². The molecule has 1 aromatic heterocycles. The molecule has 1 fully saturated rings. The molecule has 5 heteroatoms. The molecule has 0 saturated carbocycles. The number of amides is 1. The number of ether oxygens (including phenoxy) is 1. The van der Waals surface area contributed by atoms with E-state index in [9.17, 15) is 4.79 Å². The van der Waals surface area contributed by atoms with Crippen molar-refractivity contribution in [3.63, 3.8) is 0 Å². The van der Waals surface area contributed by atoms with E-state index in [1.807, 2.05) is 30.3 Å². The van der Waals surface area contributed by atoms with Gasteiger partial charge in [0.05, 0.1) is 6.61 Å². The third-order valence-electron chi connectivity index (χ3n) is 4.76. The van der Waals surface area contributed by atoms with Gasteiger partial charge in [0.25, 0.3) is 5.91 Å². The van der Waals surface area contributed by atoms with Crippen molar-refractivity contribution in [1.82, 2.24) is 15.2 Å².